The third-order valence-corrected chi connectivity index (χ3v) is 3.97. The van der Waals surface area contributed by atoms with Crippen LogP contribution in [0.25, 0.3) is 0 Å². The van der Waals surface area contributed by atoms with Crippen LogP contribution in [-0.2, 0) is 10.0 Å². The van der Waals surface area contributed by atoms with Gasteiger partial charge in [-0.05, 0) is 18.6 Å². The van der Waals surface area contributed by atoms with Crippen LogP contribution in [0.15, 0.2) is 23.1 Å². The molecular formula is C10H12BrF2NO2S. The van der Waals surface area contributed by atoms with Crippen molar-refractivity contribution in [2.45, 2.75) is 23.1 Å². The molecule has 96 valence electrons. The van der Waals surface area contributed by atoms with Crippen LogP contribution in [0, 0.1) is 11.6 Å². The lowest BCUT2D eigenvalue weighted by atomic mass is 10.3. The molecule has 0 aromatic heterocycles. The van der Waals surface area contributed by atoms with Crippen LogP contribution in [0.1, 0.15) is 13.3 Å². The standard InChI is InChI=1S/C10H12BrF2NO2S/c1-7(11)4-5-14-17(15,16)10-3-2-8(12)6-9(10)13/h2-3,6-7,14H,4-5H2,1H3. The minimum absolute atomic E-state index is 0.156. The number of sulfonamides is 1. The van der Waals surface area contributed by atoms with E-state index >= 15 is 0 Å². The van der Waals surface area contributed by atoms with Crippen LogP contribution < -0.4 is 4.72 Å². The van der Waals surface area contributed by atoms with Gasteiger partial charge in [0, 0.05) is 17.4 Å². The second-order valence-electron chi connectivity index (χ2n) is 3.54. The van der Waals surface area contributed by atoms with E-state index in [9.17, 15) is 17.2 Å². The lowest BCUT2D eigenvalue weighted by molar-refractivity contribution is 0.542. The van der Waals surface area contributed by atoms with Crippen molar-refractivity contribution in [2.24, 2.45) is 0 Å². The van der Waals surface area contributed by atoms with Crippen molar-refractivity contribution in [3.05, 3.63) is 29.8 Å². The number of benzene rings is 1. The van der Waals surface area contributed by atoms with Crippen molar-refractivity contribution in [2.75, 3.05) is 6.54 Å². The monoisotopic (exact) mass is 327 g/mol. The fourth-order valence-electron chi connectivity index (χ4n) is 1.16. The highest BCUT2D eigenvalue weighted by Crippen LogP contribution is 2.15. The van der Waals surface area contributed by atoms with Gasteiger partial charge in [-0.2, -0.15) is 0 Å². The van der Waals surface area contributed by atoms with Gasteiger partial charge in [0.15, 0.2) is 0 Å². The second kappa shape index (κ2) is 5.88. The molecule has 0 saturated heterocycles. The van der Waals surface area contributed by atoms with Gasteiger partial charge in [-0.3, -0.25) is 0 Å². The molecule has 0 saturated carbocycles. The summed E-state index contributed by atoms with van der Waals surface area (Å²) in [7, 11) is -3.92. The maximum Gasteiger partial charge on any atom is 0.243 e. The van der Waals surface area contributed by atoms with E-state index in [-0.39, 0.29) is 11.4 Å². The molecule has 0 heterocycles. The van der Waals surface area contributed by atoms with Gasteiger partial charge in [-0.25, -0.2) is 21.9 Å². The summed E-state index contributed by atoms with van der Waals surface area (Å²) < 4.78 is 51.5. The van der Waals surface area contributed by atoms with Gasteiger partial charge in [0.25, 0.3) is 0 Å². The highest BCUT2D eigenvalue weighted by molar-refractivity contribution is 9.09. The molecule has 0 radical (unpaired) electrons. The molecule has 0 amide bonds. The normalized spacial score (nSPS) is 13.6. The van der Waals surface area contributed by atoms with Crippen molar-refractivity contribution in [3.63, 3.8) is 0 Å². The quantitative estimate of drug-likeness (QED) is 0.844. The molecule has 1 aromatic carbocycles. The van der Waals surface area contributed by atoms with Gasteiger partial charge in [-0.1, -0.05) is 22.9 Å². The summed E-state index contributed by atoms with van der Waals surface area (Å²) in [5, 5.41) is 0. The first-order chi connectivity index (χ1) is 7.83. The summed E-state index contributed by atoms with van der Waals surface area (Å²) in [5.41, 5.74) is 0. The molecule has 1 rings (SSSR count). The van der Waals surface area contributed by atoms with Crippen molar-refractivity contribution >= 4 is 26.0 Å². The zero-order chi connectivity index (χ0) is 13.1. The maximum absolute atomic E-state index is 13.3. The summed E-state index contributed by atoms with van der Waals surface area (Å²) in [5.74, 6) is -1.90. The van der Waals surface area contributed by atoms with E-state index in [4.69, 9.17) is 0 Å². The number of hydrogen-bond donors (Lipinski definition) is 1. The summed E-state index contributed by atoms with van der Waals surface area (Å²) in [6.45, 7) is 2.05. The molecule has 17 heavy (non-hydrogen) atoms. The predicted molar refractivity (Wildman–Crippen MR) is 64.6 cm³/mol. The van der Waals surface area contributed by atoms with Crippen molar-refractivity contribution in [3.8, 4) is 0 Å². The lowest BCUT2D eigenvalue weighted by Crippen LogP contribution is -2.26. The highest BCUT2D eigenvalue weighted by Gasteiger charge is 2.18. The molecule has 0 aliphatic rings. The number of rotatable bonds is 5. The first kappa shape index (κ1) is 14.5. The Bertz CT molecular complexity index is 491. The number of hydrogen-bond acceptors (Lipinski definition) is 2. The Balaban J connectivity index is 2.83. The number of halogens is 3. The molecule has 1 unspecified atom stereocenters. The van der Waals surface area contributed by atoms with E-state index in [0.717, 1.165) is 12.1 Å². The molecule has 0 bridgehead atoms. The fraction of sp³-hybridized carbons (Fsp3) is 0.400. The van der Waals surface area contributed by atoms with Gasteiger partial charge in [0.05, 0.1) is 0 Å². The summed E-state index contributed by atoms with van der Waals surface area (Å²) in [6.07, 6.45) is 0.571. The predicted octanol–water partition coefficient (Wildman–Crippen LogP) is 2.42. The van der Waals surface area contributed by atoms with Gasteiger partial charge >= 0.3 is 0 Å². The molecule has 3 nitrogen and oxygen atoms in total. The summed E-state index contributed by atoms with van der Waals surface area (Å²) >= 11 is 3.26. The minimum atomic E-state index is -3.92. The van der Waals surface area contributed by atoms with E-state index in [2.05, 4.69) is 20.7 Å². The Morgan fingerprint density at radius 2 is 2.06 bits per heavy atom. The third kappa shape index (κ3) is 4.33. The van der Waals surface area contributed by atoms with Gasteiger partial charge < -0.3 is 0 Å². The van der Waals surface area contributed by atoms with Crippen molar-refractivity contribution in [1.82, 2.24) is 4.72 Å². The topological polar surface area (TPSA) is 46.2 Å². The van der Waals surface area contributed by atoms with Crippen LogP contribution in [0.3, 0.4) is 0 Å². The molecule has 1 aromatic rings. The largest absolute Gasteiger partial charge is 0.243 e. The molecule has 0 aliphatic heterocycles. The zero-order valence-corrected chi connectivity index (χ0v) is 11.5. The van der Waals surface area contributed by atoms with Crippen molar-refractivity contribution < 1.29 is 17.2 Å². The zero-order valence-electron chi connectivity index (χ0n) is 9.08. The SMILES string of the molecule is CC(Br)CCNS(=O)(=O)c1ccc(F)cc1F. The smallest absolute Gasteiger partial charge is 0.211 e. The fourth-order valence-corrected chi connectivity index (χ4v) is 2.50. The van der Waals surface area contributed by atoms with E-state index in [1.807, 2.05) is 6.92 Å². The highest BCUT2D eigenvalue weighted by atomic mass is 79.9. The van der Waals surface area contributed by atoms with Crippen LogP contribution in [-0.4, -0.2) is 19.8 Å². The first-order valence-electron chi connectivity index (χ1n) is 4.91. The van der Waals surface area contributed by atoms with Crippen LogP contribution in [0.4, 0.5) is 8.78 Å². The van der Waals surface area contributed by atoms with Gasteiger partial charge in [0.1, 0.15) is 16.5 Å². The Labute approximate surface area is 107 Å². The first-order valence-corrected chi connectivity index (χ1v) is 7.31. The minimum Gasteiger partial charge on any atom is -0.211 e. The average molecular weight is 328 g/mol. The average Bonchev–Trinajstić information content (AvgIpc) is 2.15. The molecule has 1 N–H and O–H groups in total. The van der Waals surface area contributed by atoms with Crippen molar-refractivity contribution in [1.29, 1.82) is 0 Å². The molecule has 0 aliphatic carbocycles. The van der Waals surface area contributed by atoms with Crippen LogP contribution in [0.2, 0.25) is 0 Å². The summed E-state index contributed by atoms with van der Waals surface area (Å²) in [6, 6.07) is 2.36. The van der Waals surface area contributed by atoms with E-state index in [1.165, 1.54) is 0 Å². The Morgan fingerprint density at radius 1 is 1.41 bits per heavy atom. The second-order valence-corrected chi connectivity index (χ2v) is 6.84. The Hall–Kier alpha value is -0.530. The molecule has 0 fully saturated rings. The van der Waals surface area contributed by atoms with Gasteiger partial charge in [0.2, 0.25) is 10.0 Å². The van der Waals surface area contributed by atoms with Crippen LogP contribution >= 0.6 is 15.9 Å². The number of nitrogens with one attached hydrogen (secondary N) is 1. The molecular weight excluding hydrogens is 316 g/mol. The van der Waals surface area contributed by atoms with Gasteiger partial charge in [-0.15, -0.1) is 0 Å². The molecule has 0 spiro atoms. The number of alkyl halides is 1. The van der Waals surface area contributed by atoms with E-state index in [0.29, 0.717) is 12.5 Å². The Morgan fingerprint density at radius 3 is 2.59 bits per heavy atom. The third-order valence-electron chi connectivity index (χ3n) is 2.02. The van der Waals surface area contributed by atoms with Crippen LogP contribution in [0.5, 0.6) is 0 Å². The molecule has 1 atom stereocenters. The Kier molecular flexibility index (Phi) is 5.03. The lowest BCUT2D eigenvalue weighted by Gasteiger charge is -2.08. The summed E-state index contributed by atoms with van der Waals surface area (Å²) in [4.78, 5) is -0.385. The molecule has 7 heteroatoms. The van der Waals surface area contributed by atoms with E-state index in [1.54, 1.807) is 0 Å². The van der Waals surface area contributed by atoms with E-state index < -0.39 is 26.6 Å². The maximum atomic E-state index is 13.3.